The van der Waals surface area contributed by atoms with Crippen molar-refractivity contribution >= 4 is 19.0 Å². The number of nitrogens with zero attached hydrogens (tertiary/aromatic N) is 1. The molecule has 0 fully saturated rings. The van der Waals surface area contributed by atoms with Gasteiger partial charge in [0.15, 0.2) is 17.3 Å². The Morgan fingerprint density at radius 3 is 2.38 bits per heavy atom. The van der Waals surface area contributed by atoms with Crippen LogP contribution in [-0.2, 0) is 4.79 Å². The minimum absolute atomic E-state index is 0.00674. The van der Waals surface area contributed by atoms with Gasteiger partial charge in [-0.3, -0.25) is 4.79 Å². The van der Waals surface area contributed by atoms with Crippen LogP contribution < -0.4 is 14.7 Å². The van der Waals surface area contributed by atoms with E-state index in [0.717, 1.165) is 30.7 Å². The number of methoxy groups -OCH3 is 2. The van der Waals surface area contributed by atoms with E-state index in [-0.39, 0.29) is 18.4 Å². The van der Waals surface area contributed by atoms with Crippen LogP contribution in [0, 0.1) is 0 Å². The Morgan fingerprint density at radius 2 is 1.81 bits per heavy atom. The van der Waals surface area contributed by atoms with E-state index in [1.165, 1.54) is 5.19 Å². The lowest BCUT2D eigenvalue weighted by molar-refractivity contribution is -0.116. The van der Waals surface area contributed by atoms with Crippen molar-refractivity contribution < 1.29 is 19.4 Å². The molecule has 144 valence electrons. The number of allylic oxidation sites excluding steroid dienone is 1. The van der Waals surface area contributed by atoms with Gasteiger partial charge in [-0.15, -0.1) is 0 Å². The summed E-state index contributed by atoms with van der Waals surface area (Å²) in [5.74, 6) is 1.57. The minimum atomic E-state index is -1.67. The number of benzene rings is 1. The predicted octanol–water partition coefficient (Wildman–Crippen LogP) is 2.85. The van der Waals surface area contributed by atoms with Crippen molar-refractivity contribution in [1.82, 2.24) is 4.90 Å². The smallest absolute Gasteiger partial charge is 0.161 e. The molecule has 1 N–H and O–H groups in total. The lowest BCUT2D eigenvalue weighted by Crippen LogP contribution is -2.43. The first-order valence-corrected chi connectivity index (χ1v) is 12.7. The Bertz CT molecular complexity index is 667. The molecule has 0 saturated heterocycles. The topological polar surface area (TPSA) is 59.0 Å². The number of rotatable bonds is 8. The fourth-order valence-electron chi connectivity index (χ4n) is 3.40. The summed E-state index contributed by atoms with van der Waals surface area (Å²) in [7, 11) is 1.62. The van der Waals surface area contributed by atoms with Crippen LogP contribution in [0.25, 0.3) is 0 Å². The summed E-state index contributed by atoms with van der Waals surface area (Å²) in [6.07, 6.45) is 5.67. The fourth-order valence-corrected chi connectivity index (χ4v) is 5.07. The van der Waals surface area contributed by atoms with Crippen LogP contribution in [0.2, 0.25) is 19.6 Å². The predicted molar refractivity (Wildman–Crippen MR) is 107 cm³/mol. The Kier molecular flexibility index (Phi) is 6.89. The number of ketones is 1. The summed E-state index contributed by atoms with van der Waals surface area (Å²) in [6.45, 7) is 7.91. The average molecular weight is 378 g/mol. The van der Waals surface area contributed by atoms with Gasteiger partial charge in [-0.05, 0) is 36.6 Å². The molecule has 1 heterocycles. The highest BCUT2D eigenvalue weighted by Crippen LogP contribution is 2.35. The maximum atomic E-state index is 12.2. The average Bonchev–Trinajstić information content (AvgIpc) is 2.61. The van der Waals surface area contributed by atoms with Crippen LogP contribution in [0.5, 0.6) is 11.5 Å². The van der Waals surface area contributed by atoms with Gasteiger partial charge in [-0.2, -0.15) is 0 Å². The monoisotopic (exact) mass is 377 g/mol. The Labute approximate surface area is 157 Å². The molecule has 0 saturated carbocycles. The molecule has 26 heavy (non-hydrogen) atoms. The summed E-state index contributed by atoms with van der Waals surface area (Å²) in [6, 6.07) is 4.13. The third kappa shape index (κ3) is 4.68. The number of ether oxygens (including phenoxy) is 2. The molecule has 0 amide bonds. The van der Waals surface area contributed by atoms with Gasteiger partial charge in [0, 0.05) is 25.8 Å². The molecule has 0 bridgehead atoms. The van der Waals surface area contributed by atoms with Crippen molar-refractivity contribution in [3.05, 3.63) is 30.0 Å². The van der Waals surface area contributed by atoms with Crippen LogP contribution in [0.3, 0.4) is 0 Å². The number of carbonyl (C=O) groups is 1. The zero-order valence-corrected chi connectivity index (χ0v) is 17.5. The van der Waals surface area contributed by atoms with Crippen LogP contribution in [0.15, 0.2) is 24.4 Å². The zero-order chi connectivity index (χ0) is 19.3. The standard InChI is InChI=1S/C20H31NO4Si/c1-24-18-13-16(20(26(3,4)5)14-19(18)25-2)17-12-15(23)8-10-21(17)9-6-7-11-22/h8,10,13-14,17,22H,6-7,9,11-12H2,1-5H3/t17-/m0/s1. The van der Waals surface area contributed by atoms with Gasteiger partial charge in [-0.1, -0.05) is 24.8 Å². The molecule has 1 atom stereocenters. The van der Waals surface area contributed by atoms with E-state index >= 15 is 0 Å². The highest BCUT2D eigenvalue weighted by molar-refractivity contribution is 6.89. The van der Waals surface area contributed by atoms with Gasteiger partial charge in [0.1, 0.15) is 0 Å². The molecule has 6 heteroatoms. The largest absolute Gasteiger partial charge is 0.493 e. The first kappa shape index (κ1) is 20.5. The highest BCUT2D eigenvalue weighted by atomic mass is 28.3. The summed E-state index contributed by atoms with van der Waals surface area (Å²) in [4.78, 5) is 14.4. The number of aliphatic hydroxyl groups is 1. The molecule has 0 unspecified atom stereocenters. The quantitative estimate of drug-likeness (QED) is 0.558. The van der Waals surface area contributed by atoms with Gasteiger partial charge >= 0.3 is 0 Å². The second kappa shape index (κ2) is 8.73. The molecule has 1 aromatic carbocycles. The van der Waals surface area contributed by atoms with Crippen molar-refractivity contribution in [2.45, 2.75) is 44.9 Å². The lowest BCUT2D eigenvalue weighted by Gasteiger charge is -2.36. The molecular formula is C20H31NO4Si. The Morgan fingerprint density at radius 1 is 1.15 bits per heavy atom. The second-order valence-corrected chi connectivity index (χ2v) is 12.8. The van der Waals surface area contributed by atoms with E-state index in [1.54, 1.807) is 20.3 Å². The number of aliphatic hydroxyl groups excluding tert-OH is 1. The molecule has 2 rings (SSSR count). The number of unbranched alkanes of at least 4 members (excludes halogenated alkanes) is 1. The van der Waals surface area contributed by atoms with Crippen LogP contribution in [0.1, 0.15) is 30.9 Å². The highest BCUT2D eigenvalue weighted by Gasteiger charge is 2.31. The molecule has 0 aromatic heterocycles. The Balaban J connectivity index is 2.51. The van der Waals surface area contributed by atoms with E-state index < -0.39 is 8.07 Å². The first-order valence-electron chi connectivity index (χ1n) is 9.15. The van der Waals surface area contributed by atoms with Crippen molar-refractivity contribution in [3.8, 4) is 11.5 Å². The van der Waals surface area contributed by atoms with Gasteiger partial charge in [-0.25, -0.2) is 0 Å². The van der Waals surface area contributed by atoms with Crippen LogP contribution in [0.4, 0.5) is 0 Å². The van der Waals surface area contributed by atoms with Gasteiger partial charge in [0.2, 0.25) is 0 Å². The van der Waals surface area contributed by atoms with Crippen molar-refractivity contribution in [2.75, 3.05) is 27.4 Å². The Hall–Kier alpha value is -1.79. The third-order valence-corrected chi connectivity index (χ3v) is 6.84. The van der Waals surface area contributed by atoms with E-state index in [2.05, 4.69) is 30.6 Å². The molecule has 0 aliphatic carbocycles. The second-order valence-electron chi connectivity index (χ2n) is 7.71. The summed E-state index contributed by atoms with van der Waals surface area (Å²) >= 11 is 0. The SMILES string of the molecule is COc1cc([C@@H]2CC(=O)C=CN2CCCCO)c([Si](C)(C)C)cc1OC. The normalized spacial score (nSPS) is 17.5. The summed E-state index contributed by atoms with van der Waals surface area (Å²) in [5, 5.41) is 10.4. The molecule has 0 spiro atoms. The van der Waals surface area contributed by atoms with E-state index in [4.69, 9.17) is 14.6 Å². The van der Waals surface area contributed by atoms with Gasteiger partial charge < -0.3 is 19.5 Å². The maximum Gasteiger partial charge on any atom is 0.161 e. The maximum absolute atomic E-state index is 12.2. The van der Waals surface area contributed by atoms with Crippen LogP contribution in [-0.4, -0.2) is 51.2 Å². The van der Waals surface area contributed by atoms with Crippen molar-refractivity contribution in [1.29, 1.82) is 0 Å². The van der Waals surface area contributed by atoms with E-state index in [1.807, 2.05) is 12.3 Å². The zero-order valence-electron chi connectivity index (χ0n) is 16.5. The molecule has 0 radical (unpaired) electrons. The third-order valence-electron chi connectivity index (χ3n) is 4.79. The molecule has 1 aromatic rings. The molecule has 5 nitrogen and oxygen atoms in total. The van der Waals surface area contributed by atoms with Crippen molar-refractivity contribution in [2.24, 2.45) is 0 Å². The van der Waals surface area contributed by atoms with Gasteiger partial charge in [0.25, 0.3) is 0 Å². The number of carbonyl (C=O) groups excluding carboxylic acids is 1. The molecular weight excluding hydrogens is 346 g/mol. The summed E-state index contributed by atoms with van der Waals surface area (Å²) in [5.41, 5.74) is 1.16. The number of hydrogen-bond acceptors (Lipinski definition) is 5. The molecule has 1 aliphatic rings. The minimum Gasteiger partial charge on any atom is -0.493 e. The van der Waals surface area contributed by atoms with Gasteiger partial charge in [0.05, 0.1) is 28.3 Å². The lowest BCUT2D eigenvalue weighted by atomic mass is 9.96. The van der Waals surface area contributed by atoms with E-state index in [9.17, 15) is 4.79 Å². The summed E-state index contributed by atoms with van der Waals surface area (Å²) < 4.78 is 11.0. The van der Waals surface area contributed by atoms with E-state index in [0.29, 0.717) is 12.2 Å². The fraction of sp³-hybridized carbons (Fsp3) is 0.550. The van der Waals surface area contributed by atoms with Crippen LogP contribution >= 0.6 is 0 Å². The van der Waals surface area contributed by atoms with Crippen molar-refractivity contribution in [3.63, 3.8) is 0 Å². The molecule has 1 aliphatic heterocycles. The number of hydrogen-bond donors (Lipinski definition) is 1. The first-order chi connectivity index (χ1) is 12.3.